The van der Waals surface area contributed by atoms with Gasteiger partial charge in [-0.15, -0.1) is 5.73 Å². The second-order valence-electron chi connectivity index (χ2n) is 1.42. The van der Waals surface area contributed by atoms with Crippen LogP contribution in [0.5, 0.6) is 0 Å². The fraction of sp³-hybridized carbons (Fsp3) is 0.286. The Labute approximate surface area is 62.9 Å². The third kappa shape index (κ3) is 5.54. The van der Waals surface area contributed by atoms with E-state index in [0.717, 1.165) is 5.33 Å². The molecule has 2 heteroatoms. The van der Waals surface area contributed by atoms with Crippen molar-refractivity contribution in [2.24, 2.45) is 0 Å². The van der Waals surface area contributed by atoms with Gasteiger partial charge in [0.15, 0.2) is 0 Å². The summed E-state index contributed by atoms with van der Waals surface area (Å²) < 4.78 is 12.3. The molecule has 0 aliphatic carbocycles. The van der Waals surface area contributed by atoms with Gasteiger partial charge in [-0.05, 0) is 12.5 Å². The van der Waals surface area contributed by atoms with Crippen molar-refractivity contribution in [1.82, 2.24) is 0 Å². The fourth-order valence-corrected chi connectivity index (χ4v) is 0.578. The van der Waals surface area contributed by atoms with Gasteiger partial charge in [-0.2, -0.15) is 0 Å². The Bertz CT molecular complexity index is 143. The van der Waals surface area contributed by atoms with Gasteiger partial charge in [-0.3, -0.25) is 0 Å². The molecule has 0 spiro atoms. The lowest BCUT2D eigenvalue weighted by molar-refractivity contribution is 0.662. The largest absolute Gasteiger partial charge is 0.207 e. The van der Waals surface area contributed by atoms with E-state index in [9.17, 15) is 4.39 Å². The van der Waals surface area contributed by atoms with Crippen LogP contribution in [0, 0.1) is 0 Å². The third-order valence-corrected chi connectivity index (χ3v) is 1.15. The van der Waals surface area contributed by atoms with Gasteiger partial charge in [0, 0.05) is 11.4 Å². The van der Waals surface area contributed by atoms with Crippen LogP contribution in [-0.2, 0) is 0 Å². The molecule has 0 atom stereocenters. The van der Waals surface area contributed by atoms with E-state index in [1.807, 2.05) is 0 Å². The summed E-state index contributed by atoms with van der Waals surface area (Å²) in [6.45, 7) is 3.24. The highest BCUT2D eigenvalue weighted by molar-refractivity contribution is 9.09. The van der Waals surface area contributed by atoms with Crippen LogP contribution < -0.4 is 0 Å². The fourth-order valence-electron chi connectivity index (χ4n) is 0.349. The van der Waals surface area contributed by atoms with Crippen molar-refractivity contribution < 1.29 is 4.39 Å². The Kier molecular flexibility index (Phi) is 5.59. The topological polar surface area (TPSA) is 0 Å². The van der Waals surface area contributed by atoms with Gasteiger partial charge in [0.1, 0.15) is 5.83 Å². The van der Waals surface area contributed by atoms with Gasteiger partial charge in [0.05, 0.1) is 0 Å². The summed E-state index contributed by atoms with van der Waals surface area (Å²) in [5, 5.41) is 0.783. The summed E-state index contributed by atoms with van der Waals surface area (Å²) in [6, 6.07) is 0. The Morgan fingerprint density at radius 1 is 1.78 bits per heavy atom. The Morgan fingerprint density at radius 2 is 2.44 bits per heavy atom. The number of hydrogen-bond donors (Lipinski definition) is 0. The van der Waals surface area contributed by atoms with Gasteiger partial charge >= 0.3 is 0 Å². The second-order valence-corrected chi connectivity index (χ2v) is 2.21. The first-order valence-corrected chi connectivity index (χ1v) is 3.71. The first-order chi connectivity index (χ1) is 4.31. The van der Waals surface area contributed by atoms with Crippen molar-refractivity contribution >= 4 is 15.9 Å². The number of allylic oxidation sites excluding steroid dienone is 3. The summed E-state index contributed by atoms with van der Waals surface area (Å²) in [5.74, 6) is -0.274. The van der Waals surface area contributed by atoms with E-state index in [1.165, 1.54) is 12.2 Å². The molecule has 0 radical (unpaired) electrons. The van der Waals surface area contributed by atoms with E-state index >= 15 is 0 Å². The molecule has 0 N–H and O–H groups in total. The van der Waals surface area contributed by atoms with Crippen molar-refractivity contribution in [3.63, 3.8) is 0 Å². The van der Waals surface area contributed by atoms with Crippen LogP contribution in [0.15, 0.2) is 30.3 Å². The minimum absolute atomic E-state index is 0.274. The van der Waals surface area contributed by atoms with Crippen LogP contribution in [0.25, 0.3) is 0 Å². The second kappa shape index (κ2) is 5.80. The van der Waals surface area contributed by atoms with Gasteiger partial charge in [-0.25, -0.2) is 4.39 Å². The van der Waals surface area contributed by atoms with Crippen LogP contribution in [0.2, 0.25) is 0 Å². The van der Waals surface area contributed by atoms with E-state index in [4.69, 9.17) is 0 Å². The molecule has 0 nitrogen and oxygen atoms in total. The van der Waals surface area contributed by atoms with E-state index in [2.05, 4.69) is 28.2 Å². The van der Waals surface area contributed by atoms with E-state index < -0.39 is 0 Å². The molecule has 0 aromatic heterocycles. The van der Waals surface area contributed by atoms with Crippen LogP contribution >= 0.6 is 15.9 Å². The van der Waals surface area contributed by atoms with E-state index in [1.54, 1.807) is 0 Å². The molecule has 0 fully saturated rings. The van der Waals surface area contributed by atoms with Crippen molar-refractivity contribution in [2.75, 3.05) is 5.33 Å². The molecule has 0 unspecified atom stereocenters. The van der Waals surface area contributed by atoms with Crippen molar-refractivity contribution in [1.29, 1.82) is 0 Å². The molecule has 0 saturated carbocycles. The number of hydrogen-bond acceptors (Lipinski definition) is 0. The summed E-state index contributed by atoms with van der Waals surface area (Å²) in [6.07, 6.45) is 3.39. The lowest BCUT2D eigenvalue weighted by atomic mass is 10.4. The first kappa shape index (κ1) is 8.67. The zero-order valence-corrected chi connectivity index (χ0v) is 6.62. The minimum atomic E-state index is -0.274. The van der Waals surface area contributed by atoms with Gasteiger partial charge in [0.25, 0.3) is 0 Å². The molecule has 9 heavy (non-hydrogen) atoms. The smallest absolute Gasteiger partial charge is 0.126 e. The van der Waals surface area contributed by atoms with Crippen LogP contribution in [0.4, 0.5) is 4.39 Å². The van der Waals surface area contributed by atoms with Crippen LogP contribution in [0.3, 0.4) is 0 Å². The highest BCUT2D eigenvalue weighted by Crippen LogP contribution is 2.00. The van der Waals surface area contributed by atoms with Gasteiger partial charge in [0.2, 0.25) is 0 Å². The molecule has 0 heterocycles. The van der Waals surface area contributed by atoms with Crippen LogP contribution in [-0.4, -0.2) is 5.33 Å². The van der Waals surface area contributed by atoms with Gasteiger partial charge in [-0.1, -0.05) is 22.5 Å². The predicted molar refractivity (Wildman–Crippen MR) is 41.3 cm³/mol. The normalized spacial score (nSPS) is 10.7. The van der Waals surface area contributed by atoms with E-state index in [0.29, 0.717) is 6.42 Å². The SMILES string of the molecule is C=C=CC(F)=CCCBr. The molecule has 0 aromatic carbocycles. The van der Waals surface area contributed by atoms with Crippen molar-refractivity contribution in [2.45, 2.75) is 6.42 Å². The molecule has 0 rings (SSSR count). The molecule has 50 valence electrons. The lowest BCUT2D eigenvalue weighted by Gasteiger charge is -1.82. The Balaban J connectivity index is 3.69. The molecule has 0 amide bonds. The molecule has 0 aromatic rings. The maximum absolute atomic E-state index is 12.3. The third-order valence-electron chi connectivity index (χ3n) is 0.688. The minimum Gasteiger partial charge on any atom is -0.207 e. The zero-order valence-electron chi connectivity index (χ0n) is 5.03. The summed E-state index contributed by atoms with van der Waals surface area (Å²) in [7, 11) is 0. The average Bonchev–Trinajstić information content (AvgIpc) is 1.85. The highest BCUT2D eigenvalue weighted by Gasteiger charge is 1.82. The Morgan fingerprint density at radius 3 is 2.89 bits per heavy atom. The molecule has 0 aliphatic rings. The number of halogens is 2. The molecule has 0 saturated heterocycles. The first-order valence-electron chi connectivity index (χ1n) is 2.58. The average molecular weight is 191 g/mol. The number of rotatable bonds is 3. The molecule has 0 aliphatic heterocycles. The highest BCUT2D eigenvalue weighted by atomic mass is 79.9. The van der Waals surface area contributed by atoms with Crippen molar-refractivity contribution in [3.05, 3.63) is 30.3 Å². The van der Waals surface area contributed by atoms with Gasteiger partial charge < -0.3 is 0 Å². The lowest BCUT2D eigenvalue weighted by Crippen LogP contribution is -1.68. The molecule has 0 bridgehead atoms. The summed E-state index contributed by atoms with van der Waals surface area (Å²) in [4.78, 5) is 0. The summed E-state index contributed by atoms with van der Waals surface area (Å²) >= 11 is 3.17. The maximum Gasteiger partial charge on any atom is 0.126 e. The molecular weight excluding hydrogens is 183 g/mol. The Hall–Kier alpha value is -0.330. The van der Waals surface area contributed by atoms with Crippen LogP contribution in [0.1, 0.15) is 6.42 Å². The monoisotopic (exact) mass is 190 g/mol. The molecular formula is C7H8BrF. The maximum atomic E-state index is 12.3. The van der Waals surface area contributed by atoms with Crippen molar-refractivity contribution in [3.8, 4) is 0 Å². The van der Waals surface area contributed by atoms with E-state index in [-0.39, 0.29) is 5.83 Å². The standard InChI is InChI=1S/C7H8BrF/c1-2-4-7(9)5-3-6-8/h4-5H,1,3,6H2. The zero-order chi connectivity index (χ0) is 7.11. The summed E-state index contributed by atoms with van der Waals surface area (Å²) in [5.41, 5.74) is 2.34. The quantitative estimate of drug-likeness (QED) is 0.365. The number of alkyl halides is 1. The predicted octanol–water partition coefficient (Wildman–Crippen LogP) is 2.97.